The Bertz CT molecular complexity index is 1040. The maximum atomic E-state index is 14.3. The van der Waals surface area contributed by atoms with Gasteiger partial charge < -0.3 is 15.0 Å². The molecule has 0 fully saturated rings. The highest BCUT2D eigenvalue weighted by Crippen LogP contribution is 2.29. The van der Waals surface area contributed by atoms with Crippen LogP contribution in [0.2, 0.25) is 0 Å². The topological polar surface area (TPSA) is 71.8 Å². The van der Waals surface area contributed by atoms with Crippen LogP contribution in [0.25, 0.3) is 16.8 Å². The maximum absolute atomic E-state index is 14.3. The Balaban J connectivity index is 1.83. The van der Waals surface area contributed by atoms with Crippen molar-refractivity contribution in [2.24, 2.45) is 0 Å². The number of ether oxygens (including phenoxy) is 1. The van der Waals surface area contributed by atoms with Gasteiger partial charge in [-0.3, -0.25) is 4.79 Å². The van der Waals surface area contributed by atoms with E-state index in [4.69, 9.17) is 4.74 Å². The van der Waals surface area contributed by atoms with E-state index in [0.717, 1.165) is 30.4 Å². The molecule has 1 unspecified atom stereocenters. The first-order valence-electron chi connectivity index (χ1n) is 9.82. The lowest BCUT2D eigenvalue weighted by Crippen LogP contribution is -2.41. The second-order valence-corrected chi connectivity index (χ2v) is 7.31. The predicted molar refractivity (Wildman–Crippen MR) is 109 cm³/mol. The fraction of sp³-hybridized carbons (Fsp3) is 0.381. The van der Waals surface area contributed by atoms with E-state index in [0.29, 0.717) is 42.5 Å². The largest absolute Gasteiger partial charge is 0.475 e. The number of fused-ring (bicyclic) bond motifs is 4. The lowest BCUT2D eigenvalue weighted by Gasteiger charge is -2.28. The molecule has 1 N–H and O–H groups in total. The van der Waals surface area contributed by atoms with Crippen LogP contribution in [0.3, 0.4) is 0 Å². The van der Waals surface area contributed by atoms with Gasteiger partial charge >= 0.3 is 0 Å². The molecule has 8 heteroatoms. The average Bonchev–Trinajstić information content (AvgIpc) is 3.10. The molecule has 3 heterocycles. The third-order valence-corrected chi connectivity index (χ3v) is 5.18. The molecule has 4 rings (SSSR count). The number of hydrogen-bond donors (Lipinski definition) is 1. The van der Waals surface area contributed by atoms with Crippen LogP contribution in [0.1, 0.15) is 25.3 Å². The number of nitrogens with zero attached hydrogens (tertiary/aromatic N) is 4. The van der Waals surface area contributed by atoms with Crippen LogP contribution in [0.4, 0.5) is 10.1 Å². The SMILES string of the molecule is CCCC1COc2nc3c(cnn3cc2C)-c2cc(F)cc(c2)NCCN1C=O. The summed E-state index contributed by atoms with van der Waals surface area (Å²) < 4.78 is 22.0. The fourth-order valence-corrected chi connectivity index (χ4v) is 3.69. The fourth-order valence-electron chi connectivity index (χ4n) is 3.69. The number of aryl methyl sites for hydroxylation is 1. The second kappa shape index (κ2) is 8.06. The van der Waals surface area contributed by atoms with Crippen LogP contribution < -0.4 is 10.1 Å². The number of nitrogens with one attached hydrogen (secondary N) is 1. The average molecular weight is 397 g/mol. The second-order valence-electron chi connectivity index (χ2n) is 7.31. The number of hydrogen-bond acceptors (Lipinski definition) is 5. The van der Waals surface area contributed by atoms with Gasteiger partial charge in [0.05, 0.1) is 12.2 Å². The summed E-state index contributed by atoms with van der Waals surface area (Å²) in [6.45, 7) is 5.35. The third kappa shape index (κ3) is 3.87. The number of aromatic nitrogens is 3. The minimum Gasteiger partial charge on any atom is -0.475 e. The Morgan fingerprint density at radius 2 is 2.24 bits per heavy atom. The van der Waals surface area contributed by atoms with Gasteiger partial charge in [0.25, 0.3) is 0 Å². The predicted octanol–water partition coefficient (Wildman–Crippen LogP) is 3.28. The smallest absolute Gasteiger partial charge is 0.219 e. The Morgan fingerprint density at radius 1 is 1.38 bits per heavy atom. The number of benzene rings is 1. The molecule has 2 aromatic heterocycles. The molecule has 1 aliphatic heterocycles. The van der Waals surface area contributed by atoms with Crippen molar-refractivity contribution >= 4 is 17.7 Å². The van der Waals surface area contributed by atoms with Crippen molar-refractivity contribution in [2.75, 3.05) is 25.0 Å². The van der Waals surface area contributed by atoms with Gasteiger partial charge in [0.15, 0.2) is 5.65 Å². The molecule has 3 aromatic rings. The van der Waals surface area contributed by atoms with Gasteiger partial charge in [0.2, 0.25) is 12.3 Å². The molecule has 7 nitrogen and oxygen atoms in total. The lowest BCUT2D eigenvalue weighted by molar-refractivity contribution is -0.120. The van der Waals surface area contributed by atoms with Gasteiger partial charge in [-0.15, -0.1) is 0 Å². The van der Waals surface area contributed by atoms with Crippen LogP contribution in [0.15, 0.2) is 30.6 Å². The van der Waals surface area contributed by atoms with Crippen LogP contribution in [-0.2, 0) is 4.79 Å². The van der Waals surface area contributed by atoms with Crippen molar-refractivity contribution in [3.8, 4) is 17.0 Å². The van der Waals surface area contributed by atoms with Crippen molar-refractivity contribution in [1.82, 2.24) is 19.5 Å². The molecular weight excluding hydrogens is 373 g/mol. The number of amides is 1. The van der Waals surface area contributed by atoms with E-state index in [-0.39, 0.29) is 11.9 Å². The summed E-state index contributed by atoms with van der Waals surface area (Å²) in [5.41, 5.74) is 3.50. The van der Waals surface area contributed by atoms with Crippen molar-refractivity contribution in [1.29, 1.82) is 0 Å². The van der Waals surface area contributed by atoms with Gasteiger partial charge in [-0.25, -0.2) is 8.91 Å². The summed E-state index contributed by atoms with van der Waals surface area (Å²) >= 11 is 0. The van der Waals surface area contributed by atoms with E-state index in [1.807, 2.05) is 19.2 Å². The van der Waals surface area contributed by atoms with Crippen LogP contribution in [-0.4, -0.2) is 51.6 Å². The van der Waals surface area contributed by atoms with E-state index in [1.165, 1.54) is 12.1 Å². The van der Waals surface area contributed by atoms with Gasteiger partial charge in [0, 0.05) is 36.1 Å². The van der Waals surface area contributed by atoms with E-state index in [9.17, 15) is 9.18 Å². The first-order chi connectivity index (χ1) is 14.1. The Morgan fingerprint density at radius 3 is 3.03 bits per heavy atom. The molecule has 0 aliphatic carbocycles. The summed E-state index contributed by atoms with van der Waals surface area (Å²) in [5, 5.41) is 7.58. The molecule has 0 saturated carbocycles. The third-order valence-electron chi connectivity index (χ3n) is 5.18. The van der Waals surface area contributed by atoms with E-state index >= 15 is 0 Å². The maximum Gasteiger partial charge on any atom is 0.219 e. The molecule has 1 atom stereocenters. The van der Waals surface area contributed by atoms with Crippen LogP contribution >= 0.6 is 0 Å². The van der Waals surface area contributed by atoms with Crippen molar-refractivity contribution in [2.45, 2.75) is 32.7 Å². The van der Waals surface area contributed by atoms with Gasteiger partial charge in [-0.05, 0) is 37.1 Å². The summed E-state index contributed by atoms with van der Waals surface area (Å²) in [4.78, 5) is 18.1. The van der Waals surface area contributed by atoms with E-state index in [1.54, 1.807) is 15.6 Å². The van der Waals surface area contributed by atoms with Crippen molar-refractivity contribution in [3.05, 3.63) is 42.0 Å². The minimum absolute atomic E-state index is 0.0629. The van der Waals surface area contributed by atoms with Crippen LogP contribution in [0.5, 0.6) is 5.88 Å². The molecule has 29 heavy (non-hydrogen) atoms. The van der Waals surface area contributed by atoms with Gasteiger partial charge in [-0.2, -0.15) is 10.1 Å². The van der Waals surface area contributed by atoms with Gasteiger partial charge in [0.1, 0.15) is 12.4 Å². The molecule has 1 aliphatic rings. The standard InChI is InChI=1S/C21H24FN5O2/c1-3-4-18-12-29-21-14(2)11-27-20(25-21)19(10-24-27)15-7-16(22)9-17(8-15)23-5-6-26(18)13-28/h7-11,13,18,23H,3-6,12H2,1-2H3. The molecule has 0 spiro atoms. The highest BCUT2D eigenvalue weighted by molar-refractivity contribution is 5.79. The molecular formula is C21H24FN5O2. The zero-order chi connectivity index (χ0) is 20.4. The Hall–Kier alpha value is -3.16. The first kappa shape index (κ1) is 19.2. The molecule has 4 bridgehead atoms. The van der Waals surface area contributed by atoms with Crippen molar-refractivity contribution in [3.63, 3.8) is 0 Å². The highest BCUT2D eigenvalue weighted by Gasteiger charge is 2.20. The normalized spacial score (nSPS) is 16.9. The Labute approximate surface area is 168 Å². The molecule has 0 radical (unpaired) electrons. The summed E-state index contributed by atoms with van der Waals surface area (Å²) in [6.07, 6.45) is 6.13. The quantitative estimate of drug-likeness (QED) is 0.687. The monoisotopic (exact) mass is 397 g/mol. The number of carbonyl (C=O) groups excluding carboxylic acids is 1. The lowest BCUT2D eigenvalue weighted by atomic mass is 10.1. The number of carbonyl (C=O) groups is 1. The summed E-state index contributed by atoms with van der Waals surface area (Å²) in [6, 6.07) is 4.71. The molecule has 0 saturated heterocycles. The zero-order valence-corrected chi connectivity index (χ0v) is 16.6. The number of anilines is 1. The minimum atomic E-state index is -0.351. The first-order valence-corrected chi connectivity index (χ1v) is 9.82. The number of rotatable bonds is 3. The summed E-state index contributed by atoms with van der Waals surface area (Å²) in [5.74, 6) is 0.147. The Kier molecular flexibility index (Phi) is 5.33. The molecule has 1 aromatic carbocycles. The number of halogens is 1. The zero-order valence-electron chi connectivity index (χ0n) is 16.6. The summed E-state index contributed by atoms with van der Waals surface area (Å²) in [7, 11) is 0. The van der Waals surface area contributed by atoms with Gasteiger partial charge in [-0.1, -0.05) is 13.3 Å². The van der Waals surface area contributed by atoms with E-state index < -0.39 is 0 Å². The molecule has 1 amide bonds. The molecule has 152 valence electrons. The van der Waals surface area contributed by atoms with Crippen LogP contribution in [0, 0.1) is 12.7 Å². The van der Waals surface area contributed by atoms with Crippen molar-refractivity contribution < 1.29 is 13.9 Å². The highest BCUT2D eigenvalue weighted by atomic mass is 19.1. The van der Waals surface area contributed by atoms with E-state index in [2.05, 4.69) is 22.3 Å².